The number of aliphatic hydroxyl groups excluding tert-OH is 1. The molecule has 0 radical (unpaired) electrons. The molecule has 2 atom stereocenters. The first-order valence-corrected chi connectivity index (χ1v) is 7.18. The van der Waals surface area contributed by atoms with Crippen molar-refractivity contribution < 1.29 is 9.84 Å². The van der Waals surface area contributed by atoms with Crippen LogP contribution in [-0.2, 0) is 0 Å². The summed E-state index contributed by atoms with van der Waals surface area (Å²) in [6, 6.07) is 8.34. The summed E-state index contributed by atoms with van der Waals surface area (Å²) in [5.41, 5.74) is 0.888. The molecule has 1 N–H and O–H groups in total. The van der Waals surface area contributed by atoms with E-state index in [1.54, 1.807) is 7.11 Å². The molecule has 3 nitrogen and oxygen atoms in total. The molecular formula is C16H25NO2. The fourth-order valence-corrected chi connectivity index (χ4v) is 3.10. The number of rotatable bonds is 5. The van der Waals surface area contributed by atoms with Crippen molar-refractivity contribution in [3.8, 4) is 5.75 Å². The first kappa shape index (κ1) is 14.4. The maximum Gasteiger partial charge on any atom is 0.124 e. The third-order valence-corrected chi connectivity index (χ3v) is 4.09. The van der Waals surface area contributed by atoms with Gasteiger partial charge in [0.15, 0.2) is 0 Å². The van der Waals surface area contributed by atoms with E-state index in [9.17, 15) is 5.11 Å². The van der Waals surface area contributed by atoms with Crippen molar-refractivity contribution in [2.24, 2.45) is 5.92 Å². The van der Waals surface area contributed by atoms with Gasteiger partial charge in [0, 0.05) is 18.2 Å². The van der Waals surface area contributed by atoms with Crippen molar-refractivity contribution in [3.05, 3.63) is 29.8 Å². The highest BCUT2D eigenvalue weighted by molar-refractivity contribution is 5.35. The quantitative estimate of drug-likeness (QED) is 0.886. The highest BCUT2D eigenvalue weighted by Gasteiger charge is 2.29. The van der Waals surface area contributed by atoms with Crippen LogP contribution in [0.2, 0.25) is 0 Å². The molecule has 1 aromatic rings. The zero-order valence-electron chi connectivity index (χ0n) is 12.2. The lowest BCUT2D eigenvalue weighted by atomic mass is 10.0. The molecular weight excluding hydrogens is 238 g/mol. The van der Waals surface area contributed by atoms with Crippen molar-refractivity contribution in [1.82, 2.24) is 4.90 Å². The van der Waals surface area contributed by atoms with Crippen LogP contribution in [0, 0.1) is 5.92 Å². The van der Waals surface area contributed by atoms with Gasteiger partial charge in [-0.3, -0.25) is 4.90 Å². The first-order chi connectivity index (χ1) is 9.13. The van der Waals surface area contributed by atoms with Crippen molar-refractivity contribution in [3.63, 3.8) is 0 Å². The van der Waals surface area contributed by atoms with Crippen molar-refractivity contribution in [1.29, 1.82) is 0 Å². The average Bonchev–Trinajstić information content (AvgIpc) is 2.87. The Morgan fingerprint density at radius 1 is 1.37 bits per heavy atom. The second-order valence-corrected chi connectivity index (χ2v) is 5.71. The van der Waals surface area contributed by atoms with Crippen LogP contribution < -0.4 is 4.74 Å². The van der Waals surface area contributed by atoms with Crippen LogP contribution in [0.3, 0.4) is 0 Å². The molecule has 0 saturated carbocycles. The van der Waals surface area contributed by atoms with E-state index in [0.29, 0.717) is 18.5 Å². The van der Waals surface area contributed by atoms with Gasteiger partial charge >= 0.3 is 0 Å². The number of para-hydroxylation sites is 1. The van der Waals surface area contributed by atoms with E-state index in [-0.39, 0.29) is 0 Å². The zero-order chi connectivity index (χ0) is 13.8. The maximum absolute atomic E-state index is 10.5. The Kier molecular flexibility index (Phi) is 4.83. The average molecular weight is 263 g/mol. The summed E-state index contributed by atoms with van der Waals surface area (Å²) in [6.07, 6.45) is 2.01. The number of likely N-dealkylation sites (tertiary alicyclic amines) is 1. The minimum absolute atomic E-state index is 0.476. The van der Waals surface area contributed by atoms with Gasteiger partial charge in [-0.05, 0) is 31.4 Å². The van der Waals surface area contributed by atoms with E-state index < -0.39 is 6.10 Å². The molecule has 0 spiro atoms. The molecule has 0 bridgehead atoms. The molecule has 3 heteroatoms. The smallest absolute Gasteiger partial charge is 0.124 e. The van der Waals surface area contributed by atoms with Crippen LogP contribution in [0.5, 0.6) is 5.75 Å². The van der Waals surface area contributed by atoms with E-state index in [0.717, 1.165) is 17.9 Å². The van der Waals surface area contributed by atoms with Gasteiger partial charge in [0.1, 0.15) is 5.75 Å². The SMILES string of the molecule is COc1ccccc1C(O)CN1CCCC1C(C)C. The fourth-order valence-electron chi connectivity index (χ4n) is 3.10. The third kappa shape index (κ3) is 3.28. The molecule has 1 aliphatic heterocycles. The lowest BCUT2D eigenvalue weighted by Crippen LogP contribution is -2.36. The molecule has 1 heterocycles. The Hall–Kier alpha value is -1.06. The monoisotopic (exact) mass is 263 g/mol. The van der Waals surface area contributed by atoms with Gasteiger partial charge in [-0.25, -0.2) is 0 Å². The highest BCUT2D eigenvalue weighted by Crippen LogP contribution is 2.29. The van der Waals surface area contributed by atoms with Crippen molar-refractivity contribution in [2.75, 3.05) is 20.2 Å². The normalized spacial score (nSPS) is 21.8. The molecule has 2 rings (SSSR count). The third-order valence-electron chi connectivity index (χ3n) is 4.09. The van der Waals surface area contributed by atoms with Gasteiger partial charge in [0.05, 0.1) is 13.2 Å². The van der Waals surface area contributed by atoms with E-state index in [1.165, 1.54) is 12.8 Å². The Balaban J connectivity index is 2.06. The largest absolute Gasteiger partial charge is 0.496 e. The van der Waals surface area contributed by atoms with Gasteiger partial charge < -0.3 is 9.84 Å². The summed E-state index contributed by atoms with van der Waals surface area (Å²) >= 11 is 0. The summed E-state index contributed by atoms with van der Waals surface area (Å²) in [5.74, 6) is 1.42. The molecule has 1 aliphatic rings. The fraction of sp³-hybridized carbons (Fsp3) is 0.625. The van der Waals surface area contributed by atoms with Crippen molar-refractivity contribution in [2.45, 2.75) is 38.8 Å². The van der Waals surface area contributed by atoms with E-state index in [1.807, 2.05) is 24.3 Å². The lowest BCUT2D eigenvalue weighted by molar-refractivity contribution is 0.0920. The second-order valence-electron chi connectivity index (χ2n) is 5.71. The number of nitrogens with zero attached hydrogens (tertiary/aromatic N) is 1. The molecule has 0 amide bonds. The number of hydrogen-bond acceptors (Lipinski definition) is 3. The predicted molar refractivity (Wildman–Crippen MR) is 77.4 cm³/mol. The number of benzene rings is 1. The minimum Gasteiger partial charge on any atom is -0.496 e. The summed E-state index contributed by atoms with van der Waals surface area (Å²) in [7, 11) is 1.65. The Morgan fingerprint density at radius 2 is 2.11 bits per heavy atom. The molecule has 0 aromatic heterocycles. The second kappa shape index (κ2) is 6.40. The molecule has 19 heavy (non-hydrogen) atoms. The minimum atomic E-state index is -0.476. The summed E-state index contributed by atoms with van der Waals surface area (Å²) in [6.45, 7) is 6.31. The first-order valence-electron chi connectivity index (χ1n) is 7.18. The van der Waals surface area contributed by atoms with E-state index >= 15 is 0 Å². The molecule has 2 unspecified atom stereocenters. The number of hydrogen-bond donors (Lipinski definition) is 1. The Bertz CT molecular complexity index is 405. The molecule has 1 fully saturated rings. The summed E-state index contributed by atoms with van der Waals surface area (Å²) < 4.78 is 5.33. The number of β-amino-alcohol motifs (C(OH)–C–C–N with tert-alkyl or cyclic N) is 1. The summed E-state index contributed by atoms with van der Waals surface area (Å²) in [4.78, 5) is 2.42. The van der Waals surface area contributed by atoms with Crippen LogP contribution in [0.15, 0.2) is 24.3 Å². The Morgan fingerprint density at radius 3 is 2.79 bits per heavy atom. The van der Waals surface area contributed by atoms with Gasteiger partial charge in [-0.15, -0.1) is 0 Å². The topological polar surface area (TPSA) is 32.7 Å². The van der Waals surface area contributed by atoms with E-state index in [4.69, 9.17) is 4.74 Å². The standard InChI is InChI=1S/C16H25NO2/c1-12(2)14-8-6-10-17(14)11-15(18)13-7-4-5-9-16(13)19-3/h4-5,7,9,12,14-15,18H,6,8,10-11H2,1-3H3. The van der Waals surface area contributed by atoms with Gasteiger partial charge in [0.2, 0.25) is 0 Å². The van der Waals surface area contributed by atoms with Crippen LogP contribution in [-0.4, -0.2) is 36.2 Å². The number of ether oxygens (including phenoxy) is 1. The predicted octanol–water partition coefficient (Wildman–Crippen LogP) is 2.85. The highest BCUT2D eigenvalue weighted by atomic mass is 16.5. The maximum atomic E-state index is 10.5. The van der Waals surface area contributed by atoms with Crippen molar-refractivity contribution >= 4 is 0 Å². The van der Waals surface area contributed by atoms with Crippen LogP contribution >= 0.6 is 0 Å². The van der Waals surface area contributed by atoms with Crippen LogP contribution in [0.1, 0.15) is 38.4 Å². The molecule has 1 aromatic carbocycles. The number of methoxy groups -OCH3 is 1. The lowest BCUT2D eigenvalue weighted by Gasteiger charge is -2.29. The van der Waals surface area contributed by atoms with Crippen LogP contribution in [0.25, 0.3) is 0 Å². The molecule has 0 aliphatic carbocycles. The number of aliphatic hydroxyl groups is 1. The van der Waals surface area contributed by atoms with Gasteiger partial charge in [-0.1, -0.05) is 32.0 Å². The Labute approximate surface area is 116 Å². The van der Waals surface area contributed by atoms with Crippen LogP contribution in [0.4, 0.5) is 0 Å². The molecule has 1 saturated heterocycles. The van der Waals surface area contributed by atoms with Gasteiger partial charge in [0.25, 0.3) is 0 Å². The molecule has 106 valence electrons. The van der Waals surface area contributed by atoms with E-state index in [2.05, 4.69) is 18.7 Å². The summed E-state index contributed by atoms with van der Waals surface area (Å²) in [5, 5.41) is 10.5. The van der Waals surface area contributed by atoms with Gasteiger partial charge in [-0.2, -0.15) is 0 Å². The zero-order valence-corrected chi connectivity index (χ0v) is 12.2.